The number of ether oxygens (including phenoxy) is 1. The molecule has 0 saturated carbocycles. The summed E-state index contributed by atoms with van der Waals surface area (Å²) >= 11 is 0. The van der Waals surface area contributed by atoms with Crippen molar-refractivity contribution in [2.75, 3.05) is 7.11 Å². The Hall–Kier alpha value is -2.04. The van der Waals surface area contributed by atoms with Gasteiger partial charge in [0, 0.05) is 19.4 Å². The number of para-hydroxylation sites is 1. The predicted octanol–water partition coefficient (Wildman–Crippen LogP) is 0.618. The summed E-state index contributed by atoms with van der Waals surface area (Å²) in [6.45, 7) is 1.41. The Morgan fingerprint density at radius 3 is 2.61 bits per heavy atom. The van der Waals surface area contributed by atoms with Crippen LogP contribution in [-0.2, 0) is 16.0 Å². The zero-order valence-electron chi connectivity index (χ0n) is 10.6. The standard InChI is InChI=1S/C13H18N2O3/c1-9(16)15-11(8-13(14)17)7-10-5-3-4-6-12(10)18-2/h3-6,11H,7-8H2,1-2H3,(H2,14,17)(H,15,16). The van der Waals surface area contributed by atoms with E-state index < -0.39 is 5.91 Å². The van der Waals surface area contributed by atoms with Crippen molar-refractivity contribution in [3.63, 3.8) is 0 Å². The largest absolute Gasteiger partial charge is 0.496 e. The van der Waals surface area contributed by atoms with Crippen LogP contribution in [0.5, 0.6) is 5.75 Å². The minimum Gasteiger partial charge on any atom is -0.496 e. The van der Waals surface area contributed by atoms with Gasteiger partial charge in [-0.15, -0.1) is 0 Å². The second-order valence-corrected chi connectivity index (χ2v) is 4.08. The maximum absolute atomic E-state index is 11.1. The van der Waals surface area contributed by atoms with Crippen molar-refractivity contribution < 1.29 is 14.3 Å². The average molecular weight is 250 g/mol. The fourth-order valence-corrected chi connectivity index (χ4v) is 1.84. The highest BCUT2D eigenvalue weighted by Gasteiger charge is 2.15. The Balaban J connectivity index is 2.81. The van der Waals surface area contributed by atoms with Gasteiger partial charge < -0.3 is 15.8 Å². The minimum atomic E-state index is -0.441. The van der Waals surface area contributed by atoms with Gasteiger partial charge in [0.05, 0.1) is 7.11 Å². The van der Waals surface area contributed by atoms with Crippen LogP contribution >= 0.6 is 0 Å². The van der Waals surface area contributed by atoms with Crippen molar-refractivity contribution in [3.05, 3.63) is 29.8 Å². The summed E-state index contributed by atoms with van der Waals surface area (Å²) in [6.07, 6.45) is 0.615. The van der Waals surface area contributed by atoms with Crippen molar-refractivity contribution in [1.82, 2.24) is 5.32 Å². The lowest BCUT2D eigenvalue weighted by molar-refractivity contribution is -0.121. The molecule has 0 heterocycles. The van der Waals surface area contributed by atoms with Crippen LogP contribution in [0.25, 0.3) is 0 Å². The van der Waals surface area contributed by atoms with Gasteiger partial charge >= 0.3 is 0 Å². The number of hydrogen-bond donors (Lipinski definition) is 2. The number of amides is 2. The van der Waals surface area contributed by atoms with E-state index in [9.17, 15) is 9.59 Å². The summed E-state index contributed by atoms with van der Waals surface area (Å²) in [7, 11) is 1.58. The van der Waals surface area contributed by atoms with Gasteiger partial charge in [-0.3, -0.25) is 9.59 Å². The first-order valence-corrected chi connectivity index (χ1v) is 5.70. The fourth-order valence-electron chi connectivity index (χ4n) is 1.84. The smallest absolute Gasteiger partial charge is 0.219 e. The monoisotopic (exact) mass is 250 g/mol. The SMILES string of the molecule is COc1ccccc1CC(CC(N)=O)NC(C)=O. The maximum atomic E-state index is 11.1. The minimum absolute atomic E-state index is 0.109. The van der Waals surface area contributed by atoms with Crippen molar-refractivity contribution in [2.24, 2.45) is 5.73 Å². The molecule has 5 heteroatoms. The molecule has 1 rings (SSSR count). The van der Waals surface area contributed by atoms with E-state index in [1.165, 1.54) is 6.92 Å². The van der Waals surface area contributed by atoms with Crippen molar-refractivity contribution >= 4 is 11.8 Å². The van der Waals surface area contributed by atoms with Crippen molar-refractivity contribution in [3.8, 4) is 5.75 Å². The summed E-state index contributed by atoms with van der Waals surface area (Å²) in [5.74, 6) is 0.108. The van der Waals surface area contributed by atoms with Gasteiger partial charge in [-0.05, 0) is 18.1 Å². The lowest BCUT2D eigenvalue weighted by Crippen LogP contribution is -2.38. The highest BCUT2D eigenvalue weighted by molar-refractivity contribution is 5.77. The van der Waals surface area contributed by atoms with Crippen LogP contribution in [0.2, 0.25) is 0 Å². The molecule has 1 aromatic carbocycles. The number of benzene rings is 1. The van der Waals surface area contributed by atoms with E-state index in [-0.39, 0.29) is 18.4 Å². The Morgan fingerprint density at radius 1 is 1.39 bits per heavy atom. The first-order chi connectivity index (χ1) is 8.52. The normalized spacial score (nSPS) is 11.7. The molecule has 0 saturated heterocycles. The van der Waals surface area contributed by atoms with Crippen LogP contribution in [0.3, 0.4) is 0 Å². The molecule has 0 aliphatic carbocycles. The summed E-state index contributed by atoms with van der Waals surface area (Å²) < 4.78 is 5.23. The lowest BCUT2D eigenvalue weighted by Gasteiger charge is -2.17. The van der Waals surface area contributed by atoms with Gasteiger partial charge in [-0.25, -0.2) is 0 Å². The van der Waals surface area contributed by atoms with Gasteiger partial charge in [0.2, 0.25) is 11.8 Å². The van der Waals surface area contributed by atoms with Crippen molar-refractivity contribution in [2.45, 2.75) is 25.8 Å². The number of primary amides is 1. The van der Waals surface area contributed by atoms with Crippen LogP contribution < -0.4 is 15.8 Å². The van der Waals surface area contributed by atoms with Crippen LogP contribution in [0.1, 0.15) is 18.9 Å². The number of carbonyl (C=O) groups is 2. The molecule has 3 N–H and O–H groups in total. The molecule has 0 aliphatic rings. The number of nitrogens with two attached hydrogens (primary N) is 1. The third kappa shape index (κ3) is 4.45. The van der Waals surface area contributed by atoms with Crippen molar-refractivity contribution in [1.29, 1.82) is 0 Å². The number of carbonyl (C=O) groups excluding carboxylic acids is 2. The molecule has 98 valence electrons. The molecular formula is C13H18N2O3. The third-order valence-corrected chi connectivity index (χ3v) is 2.51. The van der Waals surface area contributed by atoms with Gasteiger partial charge in [0.1, 0.15) is 5.75 Å². The molecule has 0 spiro atoms. The molecule has 0 aliphatic heterocycles. The summed E-state index contributed by atoms with van der Waals surface area (Å²) in [6, 6.07) is 7.17. The van der Waals surface area contributed by atoms with E-state index in [1.54, 1.807) is 7.11 Å². The quantitative estimate of drug-likeness (QED) is 0.776. The van der Waals surface area contributed by atoms with Crippen LogP contribution in [0.15, 0.2) is 24.3 Å². The van der Waals surface area contributed by atoms with E-state index >= 15 is 0 Å². The molecule has 1 unspecified atom stereocenters. The lowest BCUT2D eigenvalue weighted by atomic mass is 10.0. The molecule has 0 radical (unpaired) electrons. The molecule has 2 amide bonds. The molecule has 1 atom stereocenters. The number of methoxy groups -OCH3 is 1. The zero-order valence-corrected chi connectivity index (χ0v) is 10.6. The van der Waals surface area contributed by atoms with Gasteiger partial charge in [0.25, 0.3) is 0 Å². The van der Waals surface area contributed by atoms with E-state index in [0.29, 0.717) is 6.42 Å². The van der Waals surface area contributed by atoms with E-state index in [0.717, 1.165) is 11.3 Å². The summed E-state index contributed by atoms with van der Waals surface area (Å²) in [5.41, 5.74) is 6.10. The van der Waals surface area contributed by atoms with Gasteiger partial charge in [0.15, 0.2) is 0 Å². The van der Waals surface area contributed by atoms with Gasteiger partial charge in [-0.1, -0.05) is 18.2 Å². The number of rotatable bonds is 6. The predicted molar refractivity (Wildman–Crippen MR) is 68.1 cm³/mol. The molecule has 5 nitrogen and oxygen atoms in total. The second kappa shape index (κ2) is 6.64. The average Bonchev–Trinajstić information content (AvgIpc) is 2.27. The highest BCUT2D eigenvalue weighted by Crippen LogP contribution is 2.19. The topological polar surface area (TPSA) is 81.4 Å². The van der Waals surface area contributed by atoms with E-state index in [1.807, 2.05) is 24.3 Å². The Labute approximate surface area is 106 Å². The Morgan fingerprint density at radius 2 is 2.06 bits per heavy atom. The first kappa shape index (κ1) is 14.0. The molecule has 18 heavy (non-hydrogen) atoms. The molecule has 0 bridgehead atoms. The third-order valence-electron chi connectivity index (χ3n) is 2.51. The summed E-state index contributed by atoms with van der Waals surface area (Å²) in [5, 5.41) is 2.72. The van der Waals surface area contributed by atoms with Crippen LogP contribution in [-0.4, -0.2) is 25.0 Å². The molecule has 1 aromatic rings. The fraction of sp³-hybridized carbons (Fsp3) is 0.385. The Bertz CT molecular complexity index is 416. The zero-order chi connectivity index (χ0) is 13.5. The first-order valence-electron chi connectivity index (χ1n) is 5.70. The number of nitrogens with one attached hydrogen (secondary N) is 1. The van der Waals surface area contributed by atoms with Crippen LogP contribution in [0, 0.1) is 0 Å². The van der Waals surface area contributed by atoms with E-state index in [4.69, 9.17) is 10.5 Å². The van der Waals surface area contributed by atoms with Gasteiger partial charge in [-0.2, -0.15) is 0 Å². The molecular weight excluding hydrogens is 232 g/mol. The van der Waals surface area contributed by atoms with E-state index in [2.05, 4.69) is 5.32 Å². The van der Waals surface area contributed by atoms with Crippen LogP contribution in [0.4, 0.5) is 0 Å². The molecule has 0 fully saturated rings. The molecule has 0 aromatic heterocycles. The summed E-state index contributed by atoms with van der Waals surface area (Å²) in [4.78, 5) is 22.1. The highest BCUT2D eigenvalue weighted by atomic mass is 16.5. The Kier molecular flexibility index (Phi) is 5.17. The second-order valence-electron chi connectivity index (χ2n) is 4.08. The number of hydrogen-bond acceptors (Lipinski definition) is 3. The maximum Gasteiger partial charge on any atom is 0.219 e.